The molecule has 1 rings (SSSR count). The number of allylic oxidation sites excluding steroid dienone is 2. The standard InChI is InChI=1S/C11H18O2/c1-8-5-6-9(11(8,2)3)7-10(12)13-4/h5,9H,6-7H2,1-4H3. The van der Waals surface area contributed by atoms with Gasteiger partial charge in [-0.05, 0) is 24.7 Å². The molecule has 0 amide bonds. The zero-order valence-corrected chi connectivity index (χ0v) is 8.89. The summed E-state index contributed by atoms with van der Waals surface area (Å²) < 4.78 is 4.68. The first-order valence-corrected chi connectivity index (χ1v) is 4.72. The number of rotatable bonds is 2. The minimum atomic E-state index is -0.0961. The van der Waals surface area contributed by atoms with E-state index in [4.69, 9.17) is 0 Å². The van der Waals surface area contributed by atoms with Crippen molar-refractivity contribution in [3.05, 3.63) is 11.6 Å². The highest BCUT2D eigenvalue weighted by Crippen LogP contribution is 2.44. The predicted octanol–water partition coefficient (Wildman–Crippen LogP) is 2.54. The Morgan fingerprint density at radius 2 is 2.31 bits per heavy atom. The summed E-state index contributed by atoms with van der Waals surface area (Å²) in [5.74, 6) is 0.320. The smallest absolute Gasteiger partial charge is 0.305 e. The van der Waals surface area contributed by atoms with Crippen LogP contribution in [0.15, 0.2) is 11.6 Å². The van der Waals surface area contributed by atoms with Gasteiger partial charge in [0.15, 0.2) is 0 Å². The quantitative estimate of drug-likeness (QED) is 0.484. The molecule has 0 aromatic rings. The van der Waals surface area contributed by atoms with E-state index in [1.54, 1.807) is 0 Å². The number of methoxy groups -OCH3 is 1. The van der Waals surface area contributed by atoms with Crippen LogP contribution in [0.3, 0.4) is 0 Å². The van der Waals surface area contributed by atoms with Gasteiger partial charge in [-0.2, -0.15) is 0 Å². The number of carbonyl (C=O) groups excluding carboxylic acids is 1. The molecule has 0 bridgehead atoms. The van der Waals surface area contributed by atoms with Crippen LogP contribution in [0.1, 0.15) is 33.6 Å². The second kappa shape index (κ2) is 3.52. The average molecular weight is 182 g/mol. The number of ether oxygens (including phenoxy) is 1. The van der Waals surface area contributed by atoms with Crippen molar-refractivity contribution in [1.29, 1.82) is 0 Å². The van der Waals surface area contributed by atoms with Gasteiger partial charge in [0.2, 0.25) is 0 Å². The van der Waals surface area contributed by atoms with Crippen molar-refractivity contribution in [3.63, 3.8) is 0 Å². The third-order valence-corrected chi connectivity index (χ3v) is 3.39. The van der Waals surface area contributed by atoms with E-state index in [-0.39, 0.29) is 11.4 Å². The largest absolute Gasteiger partial charge is 0.469 e. The van der Waals surface area contributed by atoms with Crippen LogP contribution in [0.2, 0.25) is 0 Å². The SMILES string of the molecule is COC(=O)CC1CC=C(C)C1(C)C. The molecule has 0 saturated carbocycles. The Labute approximate surface area is 80.0 Å². The summed E-state index contributed by atoms with van der Waals surface area (Å²) in [6.45, 7) is 6.52. The van der Waals surface area contributed by atoms with Crippen molar-refractivity contribution in [2.45, 2.75) is 33.6 Å². The topological polar surface area (TPSA) is 26.3 Å². The van der Waals surface area contributed by atoms with Crippen LogP contribution in [0, 0.1) is 11.3 Å². The van der Waals surface area contributed by atoms with Gasteiger partial charge >= 0.3 is 5.97 Å². The van der Waals surface area contributed by atoms with Crippen molar-refractivity contribution in [2.24, 2.45) is 11.3 Å². The van der Waals surface area contributed by atoms with Crippen LogP contribution in [0.4, 0.5) is 0 Å². The Morgan fingerprint density at radius 3 is 2.69 bits per heavy atom. The summed E-state index contributed by atoms with van der Waals surface area (Å²) in [5, 5.41) is 0. The van der Waals surface area contributed by atoms with Gasteiger partial charge in [-0.25, -0.2) is 0 Å². The predicted molar refractivity (Wildman–Crippen MR) is 52.3 cm³/mol. The van der Waals surface area contributed by atoms with E-state index < -0.39 is 0 Å². The minimum absolute atomic E-state index is 0.0961. The second-order valence-electron chi connectivity index (χ2n) is 4.32. The molecule has 2 heteroatoms. The van der Waals surface area contributed by atoms with E-state index in [2.05, 4.69) is 31.6 Å². The molecule has 0 aromatic carbocycles. The van der Waals surface area contributed by atoms with Crippen LogP contribution in [0.25, 0.3) is 0 Å². The van der Waals surface area contributed by atoms with Crippen molar-refractivity contribution < 1.29 is 9.53 Å². The van der Waals surface area contributed by atoms with E-state index in [1.807, 2.05) is 0 Å². The zero-order valence-electron chi connectivity index (χ0n) is 8.89. The molecule has 0 heterocycles. The lowest BCUT2D eigenvalue weighted by atomic mass is 9.76. The third-order valence-electron chi connectivity index (χ3n) is 3.39. The van der Waals surface area contributed by atoms with Gasteiger partial charge in [0, 0.05) is 6.42 Å². The molecular weight excluding hydrogens is 164 g/mol. The molecule has 0 fully saturated rings. The first-order valence-electron chi connectivity index (χ1n) is 4.72. The fourth-order valence-corrected chi connectivity index (χ4v) is 1.82. The Hall–Kier alpha value is -0.790. The Balaban J connectivity index is 2.61. The number of hydrogen-bond acceptors (Lipinski definition) is 2. The monoisotopic (exact) mass is 182 g/mol. The highest BCUT2D eigenvalue weighted by atomic mass is 16.5. The molecule has 1 aliphatic carbocycles. The van der Waals surface area contributed by atoms with Gasteiger partial charge < -0.3 is 4.74 Å². The van der Waals surface area contributed by atoms with Crippen molar-refractivity contribution in [1.82, 2.24) is 0 Å². The highest BCUT2D eigenvalue weighted by molar-refractivity contribution is 5.69. The molecule has 2 nitrogen and oxygen atoms in total. The van der Waals surface area contributed by atoms with E-state index in [9.17, 15) is 4.79 Å². The van der Waals surface area contributed by atoms with Gasteiger partial charge in [0.05, 0.1) is 7.11 Å². The second-order valence-corrected chi connectivity index (χ2v) is 4.32. The summed E-state index contributed by atoms with van der Waals surface area (Å²) in [7, 11) is 1.45. The fourth-order valence-electron chi connectivity index (χ4n) is 1.82. The lowest BCUT2D eigenvalue weighted by Crippen LogP contribution is -2.23. The molecule has 1 unspecified atom stereocenters. The lowest BCUT2D eigenvalue weighted by Gasteiger charge is -2.28. The molecule has 74 valence electrons. The molecule has 0 radical (unpaired) electrons. The molecule has 0 N–H and O–H groups in total. The average Bonchev–Trinajstić information content (AvgIpc) is 2.31. The number of esters is 1. The maximum Gasteiger partial charge on any atom is 0.305 e. The Bertz CT molecular complexity index is 238. The van der Waals surface area contributed by atoms with Crippen molar-refractivity contribution >= 4 is 5.97 Å². The maximum absolute atomic E-state index is 11.1. The number of hydrogen-bond donors (Lipinski definition) is 0. The fraction of sp³-hybridized carbons (Fsp3) is 0.727. The maximum atomic E-state index is 11.1. The number of carbonyl (C=O) groups is 1. The van der Waals surface area contributed by atoms with E-state index in [0.717, 1.165) is 6.42 Å². The summed E-state index contributed by atoms with van der Waals surface area (Å²) in [4.78, 5) is 11.1. The molecule has 1 atom stereocenters. The van der Waals surface area contributed by atoms with Gasteiger partial charge in [0.25, 0.3) is 0 Å². The van der Waals surface area contributed by atoms with Crippen molar-refractivity contribution in [2.75, 3.05) is 7.11 Å². The molecule has 0 aromatic heterocycles. The van der Waals surface area contributed by atoms with Gasteiger partial charge in [0.1, 0.15) is 0 Å². The van der Waals surface area contributed by atoms with Crippen LogP contribution < -0.4 is 0 Å². The Kier molecular flexibility index (Phi) is 2.79. The summed E-state index contributed by atoms with van der Waals surface area (Å²) >= 11 is 0. The van der Waals surface area contributed by atoms with Gasteiger partial charge in [-0.15, -0.1) is 0 Å². The van der Waals surface area contributed by atoms with Crippen LogP contribution in [0.5, 0.6) is 0 Å². The molecule has 1 aliphatic rings. The van der Waals surface area contributed by atoms with E-state index in [1.165, 1.54) is 12.7 Å². The zero-order chi connectivity index (χ0) is 10.1. The van der Waals surface area contributed by atoms with Crippen LogP contribution in [-0.4, -0.2) is 13.1 Å². The molecule has 13 heavy (non-hydrogen) atoms. The molecular formula is C11H18O2. The third kappa shape index (κ3) is 1.93. The van der Waals surface area contributed by atoms with Gasteiger partial charge in [-0.3, -0.25) is 4.79 Å². The summed E-state index contributed by atoms with van der Waals surface area (Å²) in [6, 6.07) is 0. The highest BCUT2D eigenvalue weighted by Gasteiger charge is 2.36. The Morgan fingerprint density at radius 1 is 1.69 bits per heavy atom. The lowest BCUT2D eigenvalue weighted by molar-refractivity contribution is -0.142. The summed E-state index contributed by atoms with van der Waals surface area (Å²) in [6.07, 6.45) is 3.78. The molecule has 0 aliphatic heterocycles. The van der Waals surface area contributed by atoms with Crippen molar-refractivity contribution in [3.8, 4) is 0 Å². The first-order chi connectivity index (χ1) is 5.98. The van der Waals surface area contributed by atoms with E-state index >= 15 is 0 Å². The van der Waals surface area contributed by atoms with Crippen LogP contribution >= 0.6 is 0 Å². The van der Waals surface area contributed by atoms with Gasteiger partial charge in [-0.1, -0.05) is 25.5 Å². The normalized spacial score (nSPS) is 25.5. The van der Waals surface area contributed by atoms with E-state index in [0.29, 0.717) is 12.3 Å². The first kappa shape index (κ1) is 10.3. The molecule has 0 saturated heterocycles. The molecule has 0 spiro atoms. The summed E-state index contributed by atoms with van der Waals surface area (Å²) in [5.41, 5.74) is 1.55. The minimum Gasteiger partial charge on any atom is -0.469 e. The van der Waals surface area contributed by atoms with Crippen LogP contribution in [-0.2, 0) is 9.53 Å².